The van der Waals surface area contributed by atoms with Crippen LogP contribution in [0.2, 0.25) is 0 Å². The highest BCUT2D eigenvalue weighted by molar-refractivity contribution is 6.04. The maximum absolute atomic E-state index is 12.3. The van der Waals surface area contributed by atoms with Crippen molar-refractivity contribution in [2.24, 2.45) is 0 Å². The third-order valence-corrected chi connectivity index (χ3v) is 3.70. The van der Waals surface area contributed by atoms with Crippen molar-refractivity contribution in [2.45, 2.75) is 25.4 Å². The summed E-state index contributed by atoms with van der Waals surface area (Å²) in [6.45, 7) is 0.341. The highest BCUT2D eigenvalue weighted by atomic mass is 16.2. The largest absolute Gasteiger partial charge is 0.321 e. The lowest BCUT2D eigenvalue weighted by molar-refractivity contribution is -0.150. The molecule has 2 aliphatic rings. The number of likely N-dealkylation sites (tertiary alicyclic amines) is 1. The summed E-state index contributed by atoms with van der Waals surface area (Å²) in [7, 11) is 1.46. The van der Waals surface area contributed by atoms with Crippen molar-refractivity contribution in [1.29, 1.82) is 0 Å². The van der Waals surface area contributed by atoms with Gasteiger partial charge in [-0.05, 0) is 18.6 Å². The van der Waals surface area contributed by atoms with Gasteiger partial charge in [-0.2, -0.15) is 0 Å². The maximum Gasteiger partial charge on any atom is 0.256 e. The van der Waals surface area contributed by atoms with Crippen molar-refractivity contribution in [3.8, 4) is 0 Å². The van der Waals surface area contributed by atoms with Gasteiger partial charge < -0.3 is 4.90 Å². The van der Waals surface area contributed by atoms with Crippen molar-refractivity contribution in [3.05, 3.63) is 29.6 Å². The molecule has 1 aromatic rings. The van der Waals surface area contributed by atoms with E-state index in [9.17, 15) is 14.4 Å². The number of rotatable bonds is 1. The van der Waals surface area contributed by atoms with Gasteiger partial charge in [0.15, 0.2) is 0 Å². The molecule has 3 rings (SSSR count). The quantitative estimate of drug-likeness (QED) is 0.675. The number of amides is 3. The van der Waals surface area contributed by atoms with Crippen LogP contribution >= 0.6 is 0 Å². The molecule has 0 saturated carbocycles. The molecular weight excluding hydrogens is 246 g/mol. The molecule has 6 nitrogen and oxygen atoms in total. The fraction of sp³-hybridized carbons (Fsp3) is 0.385. The lowest BCUT2D eigenvalue weighted by Crippen LogP contribution is -2.53. The number of fused-ring (bicyclic) bond motifs is 1. The molecule has 1 aromatic heterocycles. The van der Waals surface area contributed by atoms with Crippen LogP contribution in [0.1, 0.15) is 28.9 Å². The molecular formula is C13H13N3O3. The zero-order chi connectivity index (χ0) is 13.6. The molecule has 0 N–H and O–H groups in total. The van der Waals surface area contributed by atoms with E-state index in [1.54, 1.807) is 18.3 Å². The van der Waals surface area contributed by atoms with Crippen molar-refractivity contribution >= 4 is 17.7 Å². The molecule has 0 radical (unpaired) electrons. The van der Waals surface area contributed by atoms with Gasteiger partial charge in [0.05, 0.1) is 17.8 Å². The van der Waals surface area contributed by atoms with E-state index in [0.717, 1.165) is 4.90 Å². The second-order valence-corrected chi connectivity index (χ2v) is 4.78. The Morgan fingerprint density at radius 1 is 1.32 bits per heavy atom. The first-order chi connectivity index (χ1) is 9.09. The molecule has 0 bridgehead atoms. The predicted molar refractivity (Wildman–Crippen MR) is 64.9 cm³/mol. The Labute approximate surface area is 110 Å². The fourth-order valence-electron chi connectivity index (χ4n) is 2.59. The molecule has 1 saturated heterocycles. The summed E-state index contributed by atoms with van der Waals surface area (Å²) in [5, 5.41) is 0. The average Bonchev–Trinajstić information content (AvgIpc) is 2.74. The summed E-state index contributed by atoms with van der Waals surface area (Å²) < 4.78 is 0. The van der Waals surface area contributed by atoms with E-state index in [4.69, 9.17) is 0 Å². The Morgan fingerprint density at radius 3 is 2.84 bits per heavy atom. The van der Waals surface area contributed by atoms with Gasteiger partial charge in [0.25, 0.3) is 11.8 Å². The second kappa shape index (κ2) is 4.15. The fourth-order valence-corrected chi connectivity index (χ4v) is 2.59. The molecule has 6 heteroatoms. The number of hydrogen-bond acceptors (Lipinski definition) is 4. The van der Waals surface area contributed by atoms with Gasteiger partial charge in [0.1, 0.15) is 6.04 Å². The number of hydrogen-bond donors (Lipinski definition) is 0. The molecule has 3 heterocycles. The molecule has 0 spiro atoms. The summed E-state index contributed by atoms with van der Waals surface area (Å²) in [6.07, 6.45) is 2.32. The molecule has 3 amide bonds. The highest BCUT2D eigenvalue weighted by Gasteiger charge is 2.41. The Morgan fingerprint density at radius 2 is 2.11 bits per heavy atom. The van der Waals surface area contributed by atoms with Crippen molar-refractivity contribution < 1.29 is 14.4 Å². The van der Waals surface area contributed by atoms with E-state index in [2.05, 4.69) is 4.98 Å². The van der Waals surface area contributed by atoms with Crippen LogP contribution < -0.4 is 0 Å². The van der Waals surface area contributed by atoms with Gasteiger partial charge in [-0.3, -0.25) is 24.3 Å². The van der Waals surface area contributed by atoms with Crippen LogP contribution in [0.4, 0.5) is 0 Å². The molecule has 98 valence electrons. The topological polar surface area (TPSA) is 70.6 Å². The minimum absolute atomic E-state index is 0.177. The minimum atomic E-state index is -0.551. The number of aromatic nitrogens is 1. The van der Waals surface area contributed by atoms with Crippen LogP contribution in [-0.4, -0.2) is 45.6 Å². The van der Waals surface area contributed by atoms with Gasteiger partial charge in [0, 0.05) is 19.7 Å². The number of piperidine rings is 1. The van der Waals surface area contributed by atoms with Crippen LogP contribution in [0.5, 0.6) is 0 Å². The van der Waals surface area contributed by atoms with E-state index in [1.165, 1.54) is 11.9 Å². The first kappa shape index (κ1) is 11.8. The number of pyridine rings is 1. The van der Waals surface area contributed by atoms with Crippen LogP contribution in [0.3, 0.4) is 0 Å². The number of carbonyl (C=O) groups is 3. The molecule has 0 aliphatic carbocycles. The van der Waals surface area contributed by atoms with E-state index in [-0.39, 0.29) is 17.7 Å². The third-order valence-electron chi connectivity index (χ3n) is 3.70. The number of carbonyl (C=O) groups excluding carboxylic acids is 3. The maximum atomic E-state index is 12.3. The number of nitrogens with zero attached hydrogens (tertiary/aromatic N) is 3. The van der Waals surface area contributed by atoms with Crippen molar-refractivity contribution in [1.82, 2.24) is 14.8 Å². The first-order valence-corrected chi connectivity index (χ1v) is 6.15. The van der Waals surface area contributed by atoms with Gasteiger partial charge >= 0.3 is 0 Å². The number of likely N-dealkylation sites (N-methyl/N-ethyl adjacent to an activating group) is 1. The van der Waals surface area contributed by atoms with Crippen LogP contribution in [0.25, 0.3) is 0 Å². The zero-order valence-electron chi connectivity index (χ0n) is 10.5. The van der Waals surface area contributed by atoms with Crippen LogP contribution in [0, 0.1) is 0 Å². The first-order valence-electron chi connectivity index (χ1n) is 6.15. The monoisotopic (exact) mass is 259 g/mol. The number of imide groups is 1. The molecule has 2 aliphatic heterocycles. The Kier molecular flexibility index (Phi) is 2.58. The van der Waals surface area contributed by atoms with E-state index in [0.29, 0.717) is 30.6 Å². The standard InChI is InChI=1S/C13H13N3O3/c1-15-11(17)5-4-10(13(15)19)16-7-9-8(12(16)18)3-2-6-14-9/h2-3,6,10H,4-5,7H2,1H3. The lowest BCUT2D eigenvalue weighted by atomic mass is 10.0. The van der Waals surface area contributed by atoms with Gasteiger partial charge in [0.2, 0.25) is 5.91 Å². The Bertz CT molecular complexity index is 584. The molecule has 1 atom stereocenters. The minimum Gasteiger partial charge on any atom is -0.321 e. The van der Waals surface area contributed by atoms with Crippen molar-refractivity contribution in [3.63, 3.8) is 0 Å². The Hall–Kier alpha value is -2.24. The molecule has 1 unspecified atom stereocenters. The van der Waals surface area contributed by atoms with E-state index >= 15 is 0 Å². The van der Waals surface area contributed by atoms with Crippen LogP contribution in [0.15, 0.2) is 18.3 Å². The third kappa shape index (κ3) is 1.71. The smallest absolute Gasteiger partial charge is 0.256 e. The van der Waals surface area contributed by atoms with Gasteiger partial charge in [-0.25, -0.2) is 0 Å². The van der Waals surface area contributed by atoms with Gasteiger partial charge in [-0.1, -0.05) is 0 Å². The SMILES string of the molecule is CN1C(=O)CCC(N2Cc3ncccc3C2=O)C1=O. The summed E-state index contributed by atoms with van der Waals surface area (Å²) in [4.78, 5) is 42.6. The second-order valence-electron chi connectivity index (χ2n) is 4.78. The van der Waals surface area contributed by atoms with Crippen molar-refractivity contribution in [2.75, 3.05) is 7.05 Å². The predicted octanol–water partition coefficient (Wildman–Crippen LogP) is 0.185. The Balaban J connectivity index is 1.88. The zero-order valence-corrected chi connectivity index (χ0v) is 10.5. The normalized spacial score (nSPS) is 23.0. The summed E-state index contributed by atoms with van der Waals surface area (Å²) in [5.41, 5.74) is 1.25. The van der Waals surface area contributed by atoms with E-state index < -0.39 is 6.04 Å². The average molecular weight is 259 g/mol. The van der Waals surface area contributed by atoms with E-state index in [1.807, 2.05) is 0 Å². The molecule has 1 fully saturated rings. The lowest BCUT2D eigenvalue weighted by Gasteiger charge is -2.33. The van der Waals surface area contributed by atoms with Gasteiger partial charge in [-0.15, -0.1) is 0 Å². The van der Waals surface area contributed by atoms with Crippen LogP contribution in [-0.2, 0) is 16.1 Å². The molecule has 0 aromatic carbocycles. The highest BCUT2D eigenvalue weighted by Crippen LogP contribution is 2.27. The molecule has 19 heavy (non-hydrogen) atoms. The summed E-state index contributed by atoms with van der Waals surface area (Å²) in [6, 6.07) is 2.87. The summed E-state index contributed by atoms with van der Waals surface area (Å²) >= 11 is 0. The summed E-state index contributed by atoms with van der Waals surface area (Å²) in [5.74, 6) is -0.676.